The molecule has 3 aromatic rings. The van der Waals surface area contributed by atoms with Crippen LogP contribution in [0, 0.1) is 6.92 Å². The molecular weight excluding hydrogens is 456 g/mol. The minimum absolute atomic E-state index is 0.248. The third kappa shape index (κ3) is 5.79. The first-order valence-electron chi connectivity index (χ1n) is 11.6. The van der Waals surface area contributed by atoms with Gasteiger partial charge < -0.3 is 24.6 Å². The Labute approximate surface area is 203 Å². The van der Waals surface area contributed by atoms with E-state index < -0.39 is 11.5 Å². The van der Waals surface area contributed by atoms with Gasteiger partial charge in [-0.25, -0.2) is 9.97 Å². The van der Waals surface area contributed by atoms with Crippen molar-refractivity contribution in [2.75, 3.05) is 25.6 Å². The van der Waals surface area contributed by atoms with Crippen LogP contribution in [0.4, 0.5) is 14.6 Å². The zero-order chi connectivity index (χ0) is 25.2. The summed E-state index contributed by atoms with van der Waals surface area (Å²) < 4.78 is 46.3. The summed E-state index contributed by atoms with van der Waals surface area (Å²) in [5, 5.41) is 13.9. The quantitative estimate of drug-likeness (QED) is 0.369. The van der Waals surface area contributed by atoms with Gasteiger partial charge >= 0.3 is 5.92 Å². The highest BCUT2D eigenvalue weighted by molar-refractivity contribution is 5.91. The maximum atomic E-state index is 14.6. The molecule has 0 saturated heterocycles. The summed E-state index contributed by atoms with van der Waals surface area (Å²) in [5.74, 6) is -1.20. The van der Waals surface area contributed by atoms with Crippen molar-refractivity contribution < 1.29 is 28.1 Å². The van der Waals surface area contributed by atoms with Crippen LogP contribution in [0.3, 0.4) is 0 Å². The van der Waals surface area contributed by atoms with E-state index in [4.69, 9.17) is 14.2 Å². The summed E-state index contributed by atoms with van der Waals surface area (Å²) in [7, 11) is 1.57. The number of fused-ring (bicyclic) bond motifs is 1. The van der Waals surface area contributed by atoms with E-state index in [1.54, 1.807) is 32.2 Å². The summed E-state index contributed by atoms with van der Waals surface area (Å²) in [6.45, 7) is 5.10. The predicted molar refractivity (Wildman–Crippen MR) is 129 cm³/mol. The van der Waals surface area contributed by atoms with Crippen LogP contribution >= 0.6 is 0 Å². The van der Waals surface area contributed by atoms with E-state index in [0.717, 1.165) is 26.7 Å². The lowest BCUT2D eigenvalue weighted by atomic mass is 9.92. The van der Waals surface area contributed by atoms with E-state index in [1.165, 1.54) is 12.1 Å². The van der Waals surface area contributed by atoms with Gasteiger partial charge in [-0.1, -0.05) is 18.2 Å². The van der Waals surface area contributed by atoms with Gasteiger partial charge in [0.15, 0.2) is 11.5 Å². The molecule has 7 nitrogen and oxygen atoms in total. The number of hydrogen-bond donors (Lipinski definition) is 2. The Morgan fingerprint density at radius 1 is 1.09 bits per heavy atom. The van der Waals surface area contributed by atoms with Gasteiger partial charge in [-0.2, -0.15) is 8.78 Å². The zero-order valence-corrected chi connectivity index (χ0v) is 20.4. The van der Waals surface area contributed by atoms with Crippen LogP contribution in [0.25, 0.3) is 10.9 Å². The Morgan fingerprint density at radius 3 is 2.54 bits per heavy atom. The van der Waals surface area contributed by atoms with Crippen LogP contribution in [0.2, 0.25) is 0 Å². The van der Waals surface area contributed by atoms with E-state index in [9.17, 15) is 13.9 Å². The molecule has 1 aromatic heterocycles. The standard InChI is InChI=1S/C26H31F2N3O4/c1-16-30-21-14-22(33-4)23(35-11-10-34-19-8-9-19)13-20(21)24(31-16)29-15-17-6-5-7-18(12-17)26(27,28)25(2,3)32/h5-7,12-14,19,32H,8-11,15H2,1-4H3,(H,29,30,31). The molecule has 9 heteroatoms. The van der Waals surface area contributed by atoms with Crippen LogP contribution in [-0.4, -0.2) is 47.1 Å². The van der Waals surface area contributed by atoms with Crippen LogP contribution in [0.5, 0.6) is 11.5 Å². The number of nitrogens with one attached hydrogen (secondary N) is 1. The maximum absolute atomic E-state index is 14.6. The van der Waals surface area contributed by atoms with Crippen LogP contribution < -0.4 is 14.8 Å². The van der Waals surface area contributed by atoms with Gasteiger partial charge in [-0.3, -0.25) is 0 Å². The van der Waals surface area contributed by atoms with Crippen LogP contribution in [0.1, 0.15) is 43.6 Å². The Morgan fingerprint density at radius 2 is 1.86 bits per heavy atom. The fourth-order valence-electron chi connectivity index (χ4n) is 3.68. The number of methoxy groups -OCH3 is 1. The molecule has 0 spiro atoms. The van der Waals surface area contributed by atoms with Gasteiger partial charge in [-0.05, 0) is 51.3 Å². The maximum Gasteiger partial charge on any atom is 0.300 e. The fraction of sp³-hybridized carbons (Fsp3) is 0.462. The lowest BCUT2D eigenvalue weighted by molar-refractivity contribution is -0.168. The van der Waals surface area contributed by atoms with E-state index in [2.05, 4.69) is 15.3 Å². The molecule has 188 valence electrons. The van der Waals surface area contributed by atoms with Crippen molar-refractivity contribution in [3.05, 3.63) is 53.3 Å². The van der Waals surface area contributed by atoms with Crippen molar-refractivity contribution >= 4 is 16.7 Å². The first-order chi connectivity index (χ1) is 16.6. The zero-order valence-electron chi connectivity index (χ0n) is 20.4. The number of alkyl halides is 2. The van der Waals surface area contributed by atoms with E-state index in [0.29, 0.717) is 58.9 Å². The van der Waals surface area contributed by atoms with Gasteiger partial charge in [0.25, 0.3) is 0 Å². The Balaban J connectivity index is 1.56. The topological polar surface area (TPSA) is 85.7 Å². The third-order valence-corrected chi connectivity index (χ3v) is 5.83. The summed E-state index contributed by atoms with van der Waals surface area (Å²) in [5.41, 5.74) is -1.14. The van der Waals surface area contributed by atoms with Crippen molar-refractivity contribution in [2.24, 2.45) is 0 Å². The highest BCUT2D eigenvalue weighted by atomic mass is 19.3. The SMILES string of the molecule is COc1cc2nc(C)nc(NCc3cccc(C(F)(F)C(C)(C)O)c3)c2cc1OCCOC1CC1. The van der Waals surface area contributed by atoms with E-state index >= 15 is 0 Å². The fourth-order valence-corrected chi connectivity index (χ4v) is 3.68. The van der Waals surface area contributed by atoms with Gasteiger partial charge in [0.1, 0.15) is 23.9 Å². The van der Waals surface area contributed by atoms with Crippen LogP contribution in [-0.2, 0) is 17.2 Å². The molecule has 0 unspecified atom stereocenters. The average Bonchev–Trinajstić information content (AvgIpc) is 3.64. The second kappa shape index (κ2) is 9.91. The van der Waals surface area contributed by atoms with Gasteiger partial charge in [-0.15, -0.1) is 0 Å². The molecule has 0 atom stereocenters. The molecule has 1 heterocycles. The van der Waals surface area contributed by atoms with Crippen molar-refractivity contribution in [1.29, 1.82) is 0 Å². The molecule has 0 bridgehead atoms. The molecule has 1 fully saturated rings. The van der Waals surface area contributed by atoms with Gasteiger partial charge in [0.2, 0.25) is 0 Å². The molecule has 35 heavy (non-hydrogen) atoms. The lowest BCUT2D eigenvalue weighted by Gasteiger charge is -2.29. The third-order valence-electron chi connectivity index (χ3n) is 5.83. The van der Waals surface area contributed by atoms with Gasteiger partial charge in [0.05, 0.1) is 25.3 Å². The molecule has 1 aliphatic rings. The number of nitrogens with zero attached hydrogens (tertiary/aromatic N) is 2. The minimum Gasteiger partial charge on any atom is -0.493 e. The Bertz CT molecular complexity index is 1190. The average molecular weight is 488 g/mol. The predicted octanol–water partition coefficient (Wildman–Crippen LogP) is 4.98. The molecule has 2 N–H and O–H groups in total. The number of halogens is 2. The second-order valence-corrected chi connectivity index (χ2v) is 9.25. The number of aromatic nitrogens is 2. The van der Waals surface area contributed by atoms with Crippen molar-refractivity contribution in [1.82, 2.24) is 9.97 Å². The highest BCUT2D eigenvalue weighted by Crippen LogP contribution is 2.39. The number of ether oxygens (including phenoxy) is 3. The van der Waals surface area contributed by atoms with Crippen molar-refractivity contribution in [3.8, 4) is 11.5 Å². The molecule has 0 aliphatic heterocycles. The molecule has 1 aliphatic carbocycles. The first kappa shape index (κ1) is 25.1. The van der Waals surface area contributed by atoms with Crippen molar-refractivity contribution in [3.63, 3.8) is 0 Å². The summed E-state index contributed by atoms with van der Waals surface area (Å²) in [6.07, 6.45) is 2.55. The number of hydrogen-bond acceptors (Lipinski definition) is 7. The Hall–Kier alpha value is -3.04. The monoisotopic (exact) mass is 487 g/mol. The minimum atomic E-state index is -3.40. The molecule has 0 amide bonds. The van der Waals surface area contributed by atoms with E-state index in [-0.39, 0.29) is 12.1 Å². The summed E-state index contributed by atoms with van der Waals surface area (Å²) >= 11 is 0. The molecular formula is C26H31F2N3O4. The smallest absolute Gasteiger partial charge is 0.300 e. The lowest BCUT2D eigenvalue weighted by Crippen LogP contribution is -2.40. The number of anilines is 1. The molecule has 1 saturated carbocycles. The summed E-state index contributed by atoms with van der Waals surface area (Å²) in [6, 6.07) is 9.59. The molecule has 2 aromatic carbocycles. The number of benzene rings is 2. The van der Waals surface area contributed by atoms with E-state index in [1.807, 2.05) is 6.07 Å². The van der Waals surface area contributed by atoms with Crippen molar-refractivity contribution in [2.45, 2.75) is 57.8 Å². The molecule has 4 rings (SSSR count). The highest BCUT2D eigenvalue weighted by Gasteiger charge is 2.46. The second-order valence-electron chi connectivity index (χ2n) is 9.25. The Kier molecular flexibility index (Phi) is 7.10. The number of aryl methyl sites for hydroxylation is 1. The summed E-state index contributed by atoms with van der Waals surface area (Å²) in [4.78, 5) is 9.02. The largest absolute Gasteiger partial charge is 0.493 e. The first-order valence-corrected chi connectivity index (χ1v) is 11.6. The van der Waals surface area contributed by atoms with Crippen LogP contribution in [0.15, 0.2) is 36.4 Å². The number of rotatable bonds is 11. The number of aliphatic hydroxyl groups is 1. The van der Waals surface area contributed by atoms with Gasteiger partial charge in [0, 0.05) is 23.6 Å². The molecule has 0 radical (unpaired) electrons. The normalized spacial score (nSPS) is 14.3.